The Labute approximate surface area is 149 Å². The van der Waals surface area contributed by atoms with Gasteiger partial charge in [-0.1, -0.05) is 18.6 Å². The molecule has 1 aliphatic rings. The molecule has 1 aliphatic heterocycles. The average molecular weight is 339 g/mol. The average Bonchev–Trinajstić information content (AvgIpc) is 2.70. The van der Waals surface area contributed by atoms with E-state index in [-0.39, 0.29) is 11.9 Å². The summed E-state index contributed by atoms with van der Waals surface area (Å²) in [5, 5.41) is 3.08. The molecule has 0 bridgehead atoms. The predicted octanol–water partition coefficient (Wildman–Crippen LogP) is 3.05. The Balaban J connectivity index is 1.72. The minimum atomic E-state index is -0.0575. The number of pyridine rings is 1. The molecule has 1 fully saturated rings. The third-order valence-electron chi connectivity index (χ3n) is 4.73. The summed E-state index contributed by atoms with van der Waals surface area (Å²) in [5.41, 5.74) is 1.85. The first-order chi connectivity index (χ1) is 12.3. The highest BCUT2D eigenvalue weighted by molar-refractivity contribution is 5.93. The van der Waals surface area contributed by atoms with Crippen molar-refractivity contribution < 1.29 is 9.53 Å². The van der Waals surface area contributed by atoms with E-state index in [0.717, 1.165) is 18.8 Å². The molecule has 0 spiro atoms. The van der Waals surface area contributed by atoms with Gasteiger partial charge in [0.1, 0.15) is 5.75 Å². The van der Waals surface area contributed by atoms with Crippen molar-refractivity contribution in [2.45, 2.75) is 25.3 Å². The molecular weight excluding hydrogens is 314 g/mol. The zero-order chi connectivity index (χ0) is 17.5. The van der Waals surface area contributed by atoms with Crippen LogP contribution in [0.4, 0.5) is 0 Å². The third-order valence-corrected chi connectivity index (χ3v) is 4.73. The lowest BCUT2D eigenvalue weighted by Crippen LogP contribution is -2.40. The van der Waals surface area contributed by atoms with Crippen LogP contribution in [-0.2, 0) is 0 Å². The number of ether oxygens (including phenoxy) is 1. The van der Waals surface area contributed by atoms with Crippen molar-refractivity contribution in [2.75, 3.05) is 26.7 Å². The maximum absolute atomic E-state index is 12.4. The Kier molecular flexibility index (Phi) is 6.01. The van der Waals surface area contributed by atoms with Gasteiger partial charge in [0.15, 0.2) is 0 Å². The number of carbonyl (C=O) groups is 1. The van der Waals surface area contributed by atoms with Gasteiger partial charge in [0.05, 0.1) is 13.2 Å². The molecular formula is C20H25N3O2. The molecule has 0 unspecified atom stereocenters. The fourth-order valence-electron chi connectivity index (χ4n) is 3.31. The molecule has 2 aromatic rings. The molecule has 1 amide bonds. The Hall–Kier alpha value is -2.40. The normalized spacial score (nSPS) is 16.2. The van der Waals surface area contributed by atoms with Gasteiger partial charge < -0.3 is 10.1 Å². The van der Waals surface area contributed by atoms with Crippen LogP contribution in [0.15, 0.2) is 48.8 Å². The van der Waals surface area contributed by atoms with E-state index in [2.05, 4.69) is 27.3 Å². The van der Waals surface area contributed by atoms with Gasteiger partial charge in [0.25, 0.3) is 5.91 Å². The smallest absolute Gasteiger partial charge is 0.251 e. The summed E-state index contributed by atoms with van der Waals surface area (Å²) in [4.78, 5) is 18.8. The van der Waals surface area contributed by atoms with Gasteiger partial charge >= 0.3 is 0 Å². The van der Waals surface area contributed by atoms with E-state index in [1.165, 1.54) is 24.8 Å². The molecule has 1 aromatic carbocycles. The lowest BCUT2D eigenvalue weighted by molar-refractivity contribution is 0.0924. The molecule has 1 atom stereocenters. The van der Waals surface area contributed by atoms with Crippen LogP contribution in [-0.4, -0.2) is 42.5 Å². The van der Waals surface area contributed by atoms with Crippen LogP contribution in [0.2, 0.25) is 0 Å². The zero-order valence-corrected chi connectivity index (χ0v) is 14.6. The largest absolute Gasteiger partial charge is 0.497 e. The Bertz CT molecular complexity index is 667. The summed E-state index contributed by atoms with van der Waals surface area (Å²) in [5.74, 6) is 0.792. The second-order valence-electron chi connectivity index (χ2n) is 6.33. The number of hydrogen-bond acceptors (Lipinski definition) is 4. The molecule has 5 heteroatoms. The number of piperidine rings is 1. The summed E-state index contributed by atoms with van der Waals surface area (Å²) in [6, 6.07) is 11.8. The summed E-state index contributed by atoms with van der Waals surface area (Å²) >= 11 is 0. The minimum absolute atomic E-state index is 0.0575. The van der Waals surface area contributed by atoms with E-state index in [1.807, 2.05) is 12.1 Å². The maximum Gasteiger partial charge on any atom is 0.251 e. The molecule has 1 aromatic heterocycles. The SMILES string of the molecule is COc1ccc([C@H](CNC(=O)c2ccncc2)N2CCCCC2)cc1. The second-order valence-corrected chi connectivity index (χ2v) is 6.33. The zero-order valence-electron chi connectivity index (χ0n) is 14.6. The van der Waals surface area contributed by atoms with Crippen LogP contribution < -0.4 is 10.1 Å². The number of carbonyl (C=O) groups excluding carboxylic acids is 1. The molecule has 0 radical (unpaired) electrons. The van der Waals surface area contributed by atoms with Crippen molar-refractivity contribution in [1.82, 2.24) is 15.2 Å². The number of methoxy groups -OCH3 is 1. The highest BCUT2D eigenvalue weighted by Crippen LogP contribution is 2.26. The molecule has 5 nitrogen and oxygen atoms in total. The lowest BCUT2D eigenvalue weighted by atomic mass is 10.0. The number of nitrogens with one attached hydrogen (secondary N) is 1. The van der Waals surface area contributed by atoms with E-state index < -0.39 is 0 Å². The van der Waals surface area contributed by atoms with Crippen molar-refractivity contribution in [3.8, 4) is 5.75 Å². The molecule has 25 heavy (non-hydrogen) atoms. The van der Waals surface area contributed by atoms with E-state index in [4.69, 9.17) is 4.74 Å². The van der Waals surface area contributed by atoms with E-state index in [1.54, 1.807) is 31.6 Å². The summed E-state index contributed by atoms with van der Waals surface area (Å²) in [6.45, 7) is 2.73. The van der Waals surface area contributed by atoms with Crippen molar-refractivity contribution in [3.05, 3.63) is 59.9 Å². The number of likely N-dealkylation sites (tertiary alicyclic amines) is 1. The van der Waals surface area contributed by atoms with Crippen LogP contribution in [0.1, 0.15) is 41.2 Å². The number of rotatable bonds is 6. The summed E-state index contributed by atoms with van der Waals surface area (Å²) < 4.78 is 5.26. The Morgan fingerprint density at radius 3 is 2.44 bits per heavy atom. The van der Waals surface area contributed by atoms with Crippen LogP contribution in [0, 0.1) is 0 Å². The number of nitrogens with zero attached hydrogens (tertiary/aromatic N) is 2. The first-order valence-electron chi connectivity index (χ1n) is 8.84. The van der Waals surface area contributed by atoms with E-state index in [0.29, 0.717) is 12.1 Å². The maximum atomic E-state index is 12.4. The topological polar surface area (TPSA) is 54.5 Å². The van der Waals surface area contributed by atoms with Gasteiger partial charge in [0.2, 0.25) is 0 Å². The molecule has 1 N–H and O–H groups in total. The first-order valence-corrected chi connectivity index (χ1v) is 8.84. The summed E-state index contributed by atoms with van der Waals surface area (Å²) in [7, 11) is 1.67. The van der Waals surface area contributed by atoms with Gasteiger partial charge in [-0.2, -0.15) is 0 Å². The Morgan fingerprint density at radius 2 is 1.80 bits per heavy atom. The molecule has 3 rings (SSSR count). The van der Waals surface area contributed by atoms with Crippen LogP contribution in [0.25, 0.3) is 0 Å². The van der Waals surface area contributed by atoms with Crippen LogP contribution in [0.5, 0.6) is 5.75 Å². The third kappa shape index (κ3) is 4.57. The standard InChI is InChI=1S/C20H25N3O2/c1-25-18-7-5-16(6-8-18)19(23-13-3-2-4-14-23)15-22-20(24)17-9-11-21-12-10-17/h5-12,19H,2-4,13-15H2,1H3,(H,22,24)/t19-/m0/s1. The van der Waals surface area contributed by atoms with Crippen molar-refractivity contribution >= 4 is 5.91 Å². The Morgan fingerprint density at radius 1 is 1.12 bits per heavy atom. The fourth-order valence-corrected chi connectivity index (χ4v) is 3.31. The van der Waals surface area contributed by atoms with Gasteiger partial charge in [-0.25, -0.2) is 0 Å². The van der Waals surface area contributed by atoms with Gasteiger partial charge in [0, 0.05) is 24.5 Å². The number of hydrogen-bond donors (Lipinski definition) is 1. The first kappa shape index (κ1) is 17.4. The molecule has 2 heterocycles. The van der Waals surface area contributed by atoms with E-state index in [9.17, 15) is 4.79 Å². The monoisotopic (exact) mass is 339 g/mol. The molecule has 132 valence electrons. The second kappa shape index (κ2) is 8.62. The number of amides is 1. The number of aromatic nitrogens is 1. The number of benzene rings is 1. The lowest BCUT2D eigenvalue weighted by Gasteiger charge is -2.35. The minimum Gasteiger partial charge on any atom is -0.497 e. The van der Waals surface area contributed by atoms with Gasteiger partial charge in [-0.3, -0.25) is 14.7 Å². The summed E-state index contributed by atoms with van der Waals surface area (Å²) in [6.07, 6.45) is 6.99. The van der Waals surface area contributed by atoms with Gasteiger partial charge in [-0.05, 0) is 55.8 Å². The van der Waals surface area contributed by atoms with Crippen LogP contribution >= 0.6 is 0 Å². The molecule has 0 saturated carbocycles. The quantitative estimate of drug-likeness (QED) is 0.879. The van der Waals surface area contributed by atoms with Crippen molar-refractivity contribution in [3.63, 3.8) is 0 Å². The van der Waals surface area contributed by atoms with E-state index >= 15 is 0 Å². The van der Waals surface area contributed by atoms with Crippen LogP contribution in [0.3, 0.4) is 0 Å². The predicted molar refractivity (Wildman–Crippen MR) is 97.7 cm³/mol. The molecule has 0 aliphatic carbocycles. The fraction of sp³-hybridized carbons (Fsp3) is 0.400. The van der Waals surface area contributed by atoms with Gasteiger partial charge in [-0.15, -0.1) is 0 Å². The van der Waals surface area contributed by atoms with Crippen molar-refractivity contribution in [2.24, 2.45) is 0 Å². The van der Waals surface area contributed by atoms with Crippen molar-refractivity contribution in [1.29, 1.82) is 0 Å². The molecule has 1 saturated heterocycles. The highest BCUT2D eigenvalue weighted by Gasteiger charge is 2.23. The highest BCUT2D eigenvalue weighted by atomic mass is 16.5.